The molecule has 6 nitrogen and oxygen atoms in total. The molecule has 1 heterocycles. The first-order valence-corrected chi connectivity index (χ1v) is 6.90. The lowest BCUT2D eigenvalue weighted by molar-refractivity contribution is -0.384. The van der Waals surface area contributed by atoms with Crippen LogP contribution in [0.1, 0.15) is 29.6 Å². The molecule has 0 saturated carbocycles. The van der Waals surface area contributed by atoms with E-state index in [4.69, 9.17) is 0 Å². The molecule has 2 N–H and O–H groups in total. The fourth-order valence-corrected chi connectivity index (χ4v) is 2.42. The number of carbonyl (C=O) groups excluding carboxylic acids is 1. The van der Waals surface area contributed by atoms with E-state index in [2.05, 4.69) is 10.6 Å². The lowest BCUT2D eigenvalue weighted by Gasteiger charge is -2.22. The van der Waals surface area contributed by atoms with Crippen molar-refractivity contribution in [2.45, 2.75) is 19.3 Å². The second-order valence-electron chi connectivity index (χ2n) is 5.06. The SMILES string of the molecule is Cl.O=C(NCCC1CCCNC1)c1cccc([N+](=O)[O-])c1. The van der Waals surface area contributed by atoms with Gasteiger partial charge < -0.3 is 10.6 Å². The molecule has 1 aliphatic heterocycles. The molecule has 2 rings (SSSR count). The van der Waals surface area contributed by atoms with Gasteiger partial charge in [-0.25, -0.2) is 0 Å². The Morgan fingerprint density at radius 3 is 2.95 bits per heavy atom. The third kappa shape index (κ3) is 5.32. The zero-order valence-corrected chi connectivity index (χ0v) is 12.5. The highest BCUT2D eigenvalue weighted by atomic mass is 35.5. The first-order valence-electron chi connectivity index (χ1n) is 6.90. The highest BCUT2D eigenvalue weighted by molar-refractivity contribution is 5.94. The van der Waals surface area contributed by atoms with Gasteiger partial charge in [0.1, 0.15) is 0 Å². The van der Waals surface area contributed by atoms with Crippen molar-refractivity contribution in [1.82, 2.24) is 10.6 Å². The third-order valence-electron chi connectivity index (χ3n) is 3.56. The number of nitrogens with one attached hydrogen (secondary N) is 2. The Hall–Kier alpha value is -1.66. The number of nitro benzene ring substituents is 1. The Morgan fingerprint density at radius 2 is 2.29 bits per heavy atom. The van der Waals surface area contributed by atoms with Gasteiger partial charge >= 0.3 is 0 Å². The number of rotatable bonds is 5. The molecule has 0 bridgehead atoms. The van der Waals surface area contributed by atoms with Crippen LogP contribution in [0, 0.1) is 16.0 Å². The number of benzene rings is 1. The predicted octanol–water partition coefficient (Wildman–Crippen LogP) is 2.14. The summed E-state index contributed by atoms with van der Waals surface area (Å²) in [6, 6.07) is 5.80. The van der Waals surface area contributed by atoms with Crippen LogP contribution in [0.5, 0.6) is 0 Å². The van der Waals surface area contributed by atoms with E-state index >= 15 is 0 Å². The van der Waals surface area contributed by atoms with Crippen LogP contribution in [0.3, 0.4) is 0 Å². The average Bonchev–Trinajstić information content (AvgIpc) is 2.48. The van der Waals surface area contributed by atoms with Crippen molar-refractivity contribution in [3.8, 4) is 0 Å². The van der Waals surface area contributed by atoms with Gasteiger partial charge in [-0.1, -0.05) is 6.07 Å². The molecule has 7 heteroatoms. The molecule has 1 unspecified atom stereocenters. The van der Waals surface area contributed by atoms with E-state index < -0.39 is 4.92 Å². The minimum absolute atomic E-state index is 0. The van der Waals surface area contributed by atoms with Gasteiger partial charge in [0.15, 0.2) is 0 Å². The fraction of sp³-hybridized carbons (Fsp3) is 0.500. The Kier molecular flexibility index (Phi) is 7.11. The number of hydrogen-bond donors (Lipinski definition) is 2. The number of non-ortho nitro benzene ring substituents is 1. The average molecular weight is 314 g/mol. The Bertz CT molecular complexity index is 490. The summed E-state index contributed by atoms with van der Waals surface area (Å²) in [6.45, 7) is 2.69. The van der Waals surface area contributed by atoms with Gasteiger partial charge in [0.05, 0.1) is 4.92 Å². The molecule has 1 aromatic carbocycles. The van der Waals surface area contributed by atoms with Gasteiger partial charge in [-0.2, -0.15) is 0 Å². The molecule has 1 aliphatic rings. The Labute approximate surface area is 129 Å². The number of nitrogens with zero attached hydrogens (tertiary/aromatic N) is 1. The highest BCUT2D eigenvalue weighted by Gasteiger charge is 2.14. The van der Waals surface area contributed by atoms with Crippen molar-refractivity contribution in [3.63, 3.8) is 0 Å². The van der Waals surface area contributed by atoms with Gasteiger partial charge in [0.25, 0.3) is 11.6 Å². The van der Waals surface area contributed by atoms with Crippen molar-refractivity contribution in [2.24, 2.45) is 5.92 Å². The van der Waals surface area contributed by atoms with E-state index in [0.29, 0.717) is 18.0 Å². The van der Waals surface area contributed by atoms with Crippen molar-refractivity contribution in [2.75, 3.05) is 19.6 Å². The first-order chi connectivity index (χ1) is 9.66. The maximum Gasteiger partial charge on any atom is 0.270 e. The van der Waals surface area contributed by atoms with E-state index in [9.17, 15) is 14.9 Å². The molecule has 0 spiro atoms. The topological polar surface area (TPSA) is 84.3 Å². The molecule has 21 heavy (non-hydrogen) atoms. The molecule has 0 radical (unpaired) electrons. The van der Waals surface area contributed by atoms with Crippen LogP contribution in [0.15, 0.2) is 24.3 Å². The molecule has 0 aromatic heterocycles. The lowest BCUT2D eigenvalue weighted by Crippen LogP contribution is -2.33. The van der Waals surface area contributed by atoms with Crippen molar-refractivity contribution in [1.29, 1.82) is 0 Å². The molecule has 116 valence electrons. The van der Waals surface area contributed by atoms with Gasteiger partial charge in [0.2, 0.25) is 0 Å². The molecule has 1 saturated heterocycles. The number of carbonyl (C=O) groups is 1. The van der Waals surface area contributed by atoms with Crippen molar-refractivity contribution < 1.29 is 9.72 Å². The summed E-state index contributed by atoms with van der Waals surface area (Å²) in [5, 5.41) is 16.8. The fourth-order valence-electron chi connectivity index (χ4n) is 2.42. The zero-order valence-electron chi connectivity index (χ0n) is 11.7. The minimum atomic E-state index is -0.496. The number of piperidine rings is 1. The maximum absolute atomic E-state index is 11.9. The summed E-state index contributed by atoms with van der Waals surface area (Å²) in [5.41, 5.74) is 0.273. The number of nitro groups is 1. The van der Waals surface area contributed by atoms with Crippen LogP contribution in [0.4, 0.5) is 5.69 Å². The molecular weight excluding hydrogens is 294 g/mol. The summed E-state index contributed by atoms with van der Waals surface area (Å²) in [5.74, 6) is 0.353. The molecule has 1 atom stereocenters. The smallest absolute Gasteiger partial charge is 0.270 e. The van der Waals surface area contributed by atoms with Crippen LogP contribution in [0.25, 0.3) is 0 Å². The van der Waals surface area contributed by atoms with E-state index in [1.165, 1.54) is 31.0 Å². The largest absolute Gasteiger partial charge is 0.352 e. The number of hydrogen-bond acceptors (Lipinski definition) is 4. The first kappa shape index (κ1) is 17.4. The highest BCUT2D eigenvalue weighted by Crippen LogP contribution is 2.14. The van der Waals surface area contributed by atoms with E-state index in [1.54, 1.807) is 6.07 Å². The van der Waals surface area contributed by atoms with Gasteiger partial charge in [-0.3, -0.25) is 14.9 Å². The molecule has 1 fully saturated rings. The normalized spacial score (nSPS) is 17.6. The van der Waals surface area contributed by atoms with Crippen LogP contribution in [0.2, 0.25) is 0 Å². The van der Waals surface area contributed by atoms with Crippen molar-refractivity contribution >= 4 is 24.0 Å². The van der Waals surface area contributed by atoms with Gasteiger partial charge in [-0.05, 0) is 44.3 Å². The second-order valence-corrected chi connectivity index (χ2v) is 5.06. The summed E-state index contributed by atoms with van der Waals surface area (Å²) in [7, 11) is 0. The van der Waals surface area contributed by atoms with Crippen LogP contribution in [-0.4, -0.2) is 30.5 Å². The maximum atomic E-state index is 11.9. The second kappa shape index (κ2) is 8.59. The third-order valence-corrected chi connectivity index (χ3v) is 3.56. The van der Waals surface area contributed by atoms with Gasteiger partial charge in [0, 0.05) is 24.2 Å². The quantitative estimate of drug-likeness (QED) is 0.644. The summed E-state index contributed by atoms with van der Waals surface area (Å²) >= 11 is 0. The minimum Gasteiger partial charge on any atom is -0.352 e. The Balaban J connectivity index is 0.00000220. The number of amides is 1. The van der Waals surface area contributed by atoms with Crippen molar-refractivity contribution in [3.05, 3.63) is 39.9 Å². The molecule has 0 aliphatic carbocycles. The summed E-state index contributed by atoms with van der Waals surface area (Å²) in [6.07, 6.45) is 3.32. The predicted molar refractivity (Wildman–Crippen MR) is 82.9 cm³/mol. The van der Waals surface area contributed by atoms with E-state index in [1.807, 2.05) is 0 Å². The zero-order chi connectivity index (χ0) is 14.4. The van der Waals surface area contributed by atoms with E-state index in [0.717, 1.165) is 19.5 Å². The van der Waals surface area contributed by atoms with Crippen LogP contribution in [-0.2, 0) is 0 Å². The van der Waals surface area contributed by atoms with Gasteiger partial charge in [-0.15, -0.1) is 12.4 Å². The number of halogens is 1. The summed E-state index contributed by atoms with van der Waals surface area (Å²) in [4.78, 5) is 22.1. The summed E-state index contributed by atoms with van der Waals surface area (Å²) < 4.78 is 0. The Morgan fingerprint density at radius 1 is 1.48 bits per heavy atom. The lowest BCUT2D eigenvalue weighted by atomic mass is 9.96. The van der Waals surface area contributed by atoms with Crippen LogP contribution >= 0.6 is 12.4 Å². The molecular formula is C14H20ClN3O3. The molecule has 1 aromatic rings. The van der Waals surface area contributed by atoms with Crippen LogP contribution < -0.4 is 10.6 Å². The monoisotopic (exact) mass is 313 g/mol. The standard InChI is InChI=1S/C14H19N3O3.ClH/c18-14(12-4-1-5-13(9-12)17(19)20)16-8-6-11-3-2-7-15-10-11;/h1,4-5,9,11,15H,2-3,6-8,10H2,(H,16,18);1H. The molecule has 1 amide bonds. The van der Waals surface area contributed by atoms with E-state index in [-0.39, 0.29) is 24.0 Å².